The molecule has 0 unspecified atom stereocenters. The predicted molar refractivity (Wildman–Crippen MR) is 72.6 cm³/mol. The number of hydrogen-bond donors (Lipinski definition) is 1. The number of carboxylic acids is 1. The van der Waals surface area contributed by atoms with Gasteiger partial charge in [-0.15, -0.1) is 0 Å². The van der Waals surface area contributed by atoms with Gasteiger partial charge in [-0.05, 0) is 24.8 Å². The number of nitrogens with zero attached hydrogens (tertiary/aromatic N) is 2. The normalized spacial score (nSPS) is 27.1. The quantitative estimate of drug-likeness (QED) is 0.905. The van der Waals surface area contributed by atoms with Crippen molar-refractivity contribution in [2.24, 2.45) is 11.3 Å². The van der Waals surface area contributed by atoms with E-state index in [1.807, 2.05) is 0 Å². The van der Waals surface area contributed by atoms with E-state index >= 15 is 0 Å². The lowest BCUT2D eigenvalue weighted by Crippen LogP contribution is -2.37. The van der Waals surface area contributed by atoms with E-state index in [9.17, 15) is 27.9 Å². The summed E-state index contributed by atoms with van der Waals surface area (Å²) in [5.41, 5.74) is -2.11. The van der Waals surface area contributed by atoms with E-state index in [1.165, 1.54) is 4.90 Å². The summed E-state index contributed by atoms with van der Waals surface area (Å²) in [5.74, 6) is -1.67. The largest absolute Gasteiger partial charge is 0.481 e. The average molecular weight is 328 g/mol. The van der Waals surface area contributed by atoms with Gasteiger partial charge in [0.2, 0.25) is 0 Å². The first kappa shape index (κ1) is 15.8. The lowest BCUT2D eigenvalue weighted by atomic mass is 9.81. The molecule has 124 valence electrons. The molecule has 1 N–H and O–H groups in total. The summed E-state index contributed by atoms with van der Waals surface area (Å²) in [6.45, 7) is 0.309. The molecule has 1 saturated heterocycles. The van der Waals surface area contributed by atoms with E-state index in [2.05, 4.69) is 4.98 Å². The van der Waals surface area contributed by atoms with E-state index in [0.717, 1.165) is 25.1 Å². The Kier molecular flexibility index (Phi) is 3.57. The second-order valence-electron chi connectivity index (χ2n) is 6.20. The lowest BCUT2D eigenvalue weighted by molar-refractivity contribution is -0.149. The maximum absolute atomic E-state index is 12.7. The fourth-order valence-corrected chi connectivity index (χ4v) is 3.69. The molecule has 8 heteroatoms. The van der Waals surface area contributed by atoms with Gasteiger partial charge in [0.1, 0.15) is 0 Å². The molecule has 1 aliphatic carbocycles. The smallest absolute Gasteiger partial charge is 0.417 e. The molecule has 0 radical (unpaired) electrons. The third-order valence-electron chi connectivity index (χ3n) is 4.90. The van der Waals surface area contributed by atoms with Crippen LogP contribution in [0.25, 0.3) is 0 Å². The average Bonchev–Trinajstić information content (AvgIpc) is 3.03. The number of carboxylic acid groups (broad SMARTS) is 1. The van der Waals surface area contributed by atoms with Gasteiger partial charge in [0.05, 0.1) is 16.5 Å². The molecule has 2 heterocycles. The van der Waals surface area contributed by atoms with E-state index in [4.69, 9.17) is 0 Å². The SMILES string of the molecule is O=C(c1cncc(C(F)(F)F)c1)N1C[C@@H]2CCC[C@@]2(C(=O)O)C1. The van der Waals surface area contributed by atoms with Crippen molar-refractivity contribution in [2.75, 3.05) is 13.1 Å². The van der Waals surface area contributed by atoms with Gasteiger partial charge < -0.3 is 10.0 Å². The standard InChI is InChI=1S/C15H15F3N2O3/c16-15(17,18)11-4-9(5-19-6-11)12(21)20-7-10-2-1-3-14(10,8-20)13(22)23/h4-6,10H,1-3,7-8H2,(H,22,23)/t10-,14+/m0/s1. The van der Waals surface area contributed by atoms with Crippen LogP contribution in [0.1, 0.15) is 35.2 Å². The molecule has 5 nitrogen and oxygen atoms in total. The third kappa shape index (κ3) is 2.55. The Morgan fingerprint density at radius 1 is 1.35 bits per heavy atom. The molecule has 0 spiro atoms. The highest BCUT2D eigenvalue weighted by molar-refractivity contribution is 5.95. The molecular formula is C15H15F3N2O3. The van der Waals surface area contributed by atoms with Crippen LogP contribution in [0.2, 0.25) is 0 Å². The van der Waals surface area contributed by atoms with Crippen molar-refractivity contribution >= 4 is 11.9 Å². The highest BCUT2D eigenvalue weighted by atomic mass is 19.4. The van der Waals surface area contributed by atoms with Gasteiger partial charge in [-0.2, -0.15) is 13.2 Å². The number of hydrogen-bond acceptors (Lipinski definition) is 3. The fraction of sp³-hybridized carbons (Fsp3) is 0.533. The summed E-state index contributed by atoms with van der Waals surface area (Å²) in [4.78, 5) is 28.9. The number of halogens is 3. The van der Waals surface area contributed by atoms with Crippen LogP contribution in [0.5, 0.6) is 0 Å². The van der Waals surface area contributed by atoms with Crippen LogP contribution in [-0.2, 0) is 11.0 Å². The molecule has 1 saturated carbocycles. The minimum absolute atomic E-state index is 0.0437. The molecule has 2 fully saturated rings. The van der Waals surface area contributed by atoms with E-state index < -0.39 is 29.0 Å². The summed E-state index contributed by atoms with van der Waals surface area (Å²) in [6, 6.07) is 0.761. The van der Waals surface area contributed by atoms with Crippen LogP contribution in [0.15, 0.2) is 18.5 Å². The van der Waals surface area contributed by atoms with E-state index in [0.29, 0.717) is 12.6 Å². The monoisotopic (exact) mass is 328 g/mol. The van der Waals surface area contributed by atoms with Gasteiger partial charge >= 0.3 is 12.1 Å². The minimum Gasteiger partial charge on any atom is -0.481 e. The zero-order valence-electron chi connectivity index (χ0n) is 12.1. The minimum atomic E-state index is -4.58. The van der Waals surface area contributed by atoms with Gasteiger partial charge in [0, 0.05) is 25.5 Å². The lowest BCUT2D eigenvalue weighted by Gasteiger charge is -2.23. The molecule has 3 rings (SSSR count). The first-order valence-electron chi connectivity index (χ1n) is 7.29. The molecular weight excluding hydrogens is 313 g/mol. The first-order valence-corrected chi connectivity index (χ1v) is 7.29. The van der Waals surface area contributed by atoms with Gasteiger partial charge in [-0.1, -0.05) is 6.42 Å². The molecule has 23 heavy (non-hydrogen) atoms. The van der Waals surface area contributed by atoms with Gasteiger partial charge in [-0.3, -0.25) is 14.6 Å². The summed E-state index contributed by atoms with van der Waals surface area (Å²) in [7, 11) is 0. The van der Waals surface area contributed by atoms with Crippen LogP contribution in [-0.4, -0.2) is 40.0 Å². The van der Waals surface area contributed by atoms with Crippen molar-refractivity contribution in [3.8, 4) is 0 Å². The van der Waals surface area contributed by atoms with Crippen LogP contribution in [0.4, 0.5) is 13.2 Å². The van der Waals surface area contributed by atoms with Crippen molar-refractivity contribution in [3.63, 3.8) is 0 Å². The summed E-state index contributed by atoms with van der Waals surface area (Å²) in [5, 5.41) is 9.50. The first-order chi connectivity index (χ1) is 10.7. The number of likely N-dealkylation sites (tertiary alicyclic amines) is 1. The Bertz CT molecular complexity index is 662. The number of alkyl halides is 3. The van der Waals surface area contributed by atoms with Gasteiger partial charge in [0.15, 0.2) is 0 Å². The van der Waals surface area contributed by atoms with Crippen molar-refractivity contribution in [3.05, 3.63) is 29.6 Å². The highest BCUT2D eigenvalue weighted by Crippen LogP contribution is 2.49. The molecule has 2 atom stereocenters. The Morgan fingerprint density at radius 2 is 2.09 bits per heavy atom. The topological polar surface area (TPSA) is 70.5 Å². The molecule has 1 aromatic rings. The number of carbonyl (C=O) groups is 2. The maximum atomic E-state index is 12.7. The number of aliphatic carboxylic acids is 1. The zero-order chi connectivity index (χ0) is 16.8. The van der Waals surface area contributed by atoms with Crippen molar-refractivity contribution in [1.82, 2.24) is 9.88 Å². The van der Waals surface area contributed by atoms with E-state index in [1.54, 1.807) is 0 Å². The van der Waals surface area contributed by atoms with Crippen molar-refractivity contribution in [1.29, 1.82) is 0 Å². The molecule has 0 aromatic carbocycles. The zero-order valence-corrected chi connectivity index (χ0v) is 12.1. The second kappa shape index (κ2) is 5.21. The number of carbonyl (C=O) groups excluding carboxylic acids is 1. The number of pyridine rings is 1. The number of aromatic nitrogens is 1. The molecule has 1 aromatic heterocycles. The Balaban J connectivity index is 1.84. The number of fused-ring (bicyclic) bond motifs is 1. The molecule has 0 bridgehead atoms. The predicted octanol–water partition coefficient (Wildman–Crippen LogP) is 2.43. The maximum Gasteiger partial charge on any atom is 0.417 e. The molecule has 1 aliphatic heterocycles. The van der Waals surface area contributed by atoms with Gasteiger partial charge in [-0.25, -0.2) is 0 Å². The summed E-state index contributed by atoms with van der Waals surface area (Å²) in [6.07, 6.45) is -0.820. The Morgan fingerprint density at radius 3 is 2.70 bits per heavy atom. The van der Waals surface area contributed by atoms with Crippen LogP contribution in [0.3, 0.4) is 0 Å². The second-order valence-corrected chi connectivity index (χ2v) is 6.20. The summed E-state index contributed by atoms with van der Waals surface area (Å²) >= 11 is 0. The van der Waals surface area contributed by atoms with E-state index in [-0.39, 0.29) is 24.6 Å². The molecule has 2 aliphatic rings. The van der Waals surface area contributed by atoms with Crippen LogP contribution in [0, 0.1) is 11.3 Å². The van der Waals surface area contributed by atoms with Gasteiger partial charge in [0.25, 0.3) is 5.91 Å². The fourth-order valence-electron chi connectivity index (χ4n) is 3.69. The Hall–Kier alpha value is -2.12. The van der Waals surface area contributed by atoms with Crippen molar-refractivity contribution in [2.45, 2.75) is 25.4 Å². The molecule has 1 amide bonds. The van der Waals surface area contributed by atoms with Crippen molar-refractivity contribution < 1.29 is 27.9 Å². The van der Waals surface area contributed by atoms with Crippen LogP contribution < -0.4 is 0 Å². The summed E-state index contributed by atoms with van der Waals surface area (Å²) < 4.78 is 38.2. The highest BCUT2D eigenvalue weighted by Gasteiger charge is 2.55. The number of amides is 1. The third-order valence-corrected chi connectivity index (χ3v) is 4.90. The Labute approximate surface area is 130 Å². The number of rotatable bonds is 2. The van der Waals surface area contributed by atoms with Crippen LogP contribution >= 0.6 is 0 Å².